The lowest BCUT2D eigenvalue weighted by atomic mass is 9.99. The molecule has 0 radical (unpaired) electrons. The maximum absolute atomic E-state index is 5.67. The normalized spacial score (nSPS) is 12.4. The number of benzene rings is 1. The van der Waals surface area contributed by atoms with Gasteiger partial charge < -0.3 is 0 Å². The van der Waals surface area contributed by atoms with Crippen molar-refractivity contribution in [2.45, 2.75) is 19.4 Å². The van der Waals surface area contributed by atoms with Gasteiger partial charge in [0, 0.05) is 6.20 Å². The topological polar surface area (TPSA) is 50.9 Å². The zero-order valence-electron chi connectivity index (χ0n) is 9.93. The van der Waals surface area contributed by atoms with Crippen LogP contribution in [0.4, 0.5) is 0 Å². The van der Waals surface area contributed by atoms with E-state index in [4.69, 9.17) is 5.84 Å². The van der Waals surface area contributed by atoms with E-state index in [-0.39, 0.29) is 6.04 Å². The number of hydrogen-bond acceptors (Lipinski definition) is 3. The van der Waals surface area contributed by atoms with Crippen molar-refractivity contribution in [2.75, 3.05) is 0 Å². The quantitative estimate of drug-likeness (QED) is 0.622. The number of aromatic nitrogens is 1. The molecule has 0 saturated carbocycles. The summed E-state index contributed by atoms with van der Waals surface area (Å²) in [5, 5.41) is 0. The Morgan fingerprint density at radius 3 is 2.59 bits per heavy atom. The fraction of sp³-hybridized carbons (Fsp3) is 0.214. The minimum absolute atomic E-state index is 0.0488. The minimum atomic E-state index is -0.0488. The van der Waals surface area contributed by atoms with Gasteiger partial charge in [-0.05, 0) is 23.6 Å². The highest BCUT2D eigenvalue weighted by molar-refractivity contribution is 5.32. The second-order valence-electron chi connectivity index (χ2n) is 3.91. The average molecular weight is 227 g/mol. The Bertz CT molecular complexity index is 468. The summed E-state index contributed by atoms with van der Waals surface area (Å²) in [6.45, 7) is 2.12. The van der Waals surface area contributed by atoms with Gasteiger partial charge in [-0.25, -0.2) is 5.43 Å². The summed E-state index contributed by atoms with van der Waals surface area (Å²) in [4.78, 5) is 4.45. The summed E-state index contributed by atoms with van der Waals surface area (Å²) < 4.78 is 0. The summed E-state index contributed by atoms with van der Waals surface area (Å²) in [5.41, 5.74) is 6.20. The SMILES string of the molecule is CCc1cccnc1C(NN)c1ccccc1. The number of nitrogens with two attached hydrogens (primary N) is 1. The molecule has 0 aliphatic rings. The Kier molecular flexibility index (Phi) is 3.85. The molecule has 1 aromatic heterocycles. The lowest BCUT2D eigenvalue weighted by Gasteiger charge is -2.18. The molecule has 0 fully saturated rings. The highest BCUT2D eigenvalue weighted by Crippen LogP contribution is 2.22. The van der Waals surface area contributed by atoms with Gasteiger partial charge in [-0.3, -0.25) is 10.8 Å². The number of rotatable bonds is 4. The predicted octanol–water partition coefficient (Wildman–Crippen LogP) is 2.20. The van der Waals surface area contributed by atoms with E-state index in [2.05, 4.69) is 35.5 Å². The van der Waals surface area contributed by atoms with Gasteiger partial charge in [0.15, 0.2) is 0 Å². The van der Waals surface area contributed by atoms with E-state index in [0.717, 1.165) is 17.7 Å². The predicted molar refractivity (Wildman–Crippen MR) is 69.2 cm³/mol. The first-order chi connectivity index (χ1) is 8.36. The maximum Gasteiger partial charge on any atom is 0.0884 e. The lowest BCUT2D eigenvalue weighted by molar-refractivity contribution is 0.614. The molecule has 0 aliphatic heterocycles. The van der Waals surface area contributed by atoms with E-state index in [1.165, 1.54) is 5.56 Å². The molecule has 2 rings (SSSR count). The first-order valence-electron chi connectivity index (χ1n) is 5.81. The zero-order chi connectivity index (χ0) is 12.1. The summed E-state index contributed by atoms with van der Waals surface area (Å²) in [7, 11) is 0. The van der Waals surface area contributed by atoms with Crippen LogP contribution in [-0.4, -0.2) is 4.98 Å². The van der Waals surface area contributed by atoms with Gasteiger partial charge in [0.05, 0.1) is 11.7 Å². The van der Waals surface area contributed by atoms with Crippen LogP contribution in [0.25, 0.3) is 0 Å². The third-order valence-corrected chi connectivity index (χ3v) is 2.88. The molecule has 0 amide bonds. The molecule has 3 heteroatoms. The number of nitrogens with one attached hydrogen (secondary N) is 1. The van der Waals surface area contributed by atoms with Crippen LogP contribution in [0, 0.1) is 0 Å². The highest BCUT2D eigenvalue weighted by Gasteiger charge is 2.15. The molecule has 1 atom stereocenters. The number of pyridine rings is 1. The van der Waals surface area contributed by atoms with Crippen molar-refractivity contribution in [1.82, 2.24) is 10.4 Å². The molecular weight excluding hydrogens is 210 g/mol. The van der Waals surface area contributed by atoms with Crippen LogP contribution in [0.1, 0.15) is 29.8 Å². The molecule has 0 saturated heterocycles. The smallest absolute Gasteiger partial charge is 0.0884 e. The third-order valence-electron chi connectivity index (χ3n) is 2.88. The van der Waals surface area contributed by atoms with Crippen molar-refractivity contribution in [1.29, 1.82) is 0 Å². The summed E-state index contributed by atoms with van der Waals surface area (Å²) >= 11 is 0. The van der Waals surface area contributed by atoms with Crippen LogP contribution in [0.2, 0.25) is 0 Å². The van der Waals surface area contributed by atoms with Gasteiger partial charge >= 0.3 is 0 Å². The van der Waals surface area contributed by atoms with Crippen LogP contribution >= 0.6 is 0 Å². The van der Waals surface area contributed by atoms with Crippen LogP contribution in [0.3, 0.4) is 0 Å². The molecular formula is C14H17N3. The van der Waals surface area contributed by atoms with Crippen LogP contribution in [-0.2, 0) is 6.42 Å². The van der Waals surface area contributed by atoms with Crippen molar-refractivity contribution in [3.63, 3.8) is 0 Å². The molecule has 3 N–H and O–H groups in total. The molecule has 0 spiro atoms. The van der Waals surface area contributed by atoms with Gasteiger partial charge in [-0.2, -0.15) is 0 Å². The van der Waals surface area contributed by atoms with Crippen molar-refractivity contribution in [3.05, 3.63) is 65.5 Å². The molecule has 17 heavy (non-hydrogen) atoms. The van der Waals surface area contributed by atoms with E-state index < -0.39 is 0 Å². The first kappa shape index (κ1) is 11.8. The Morgan fingerprint density at radius 1 is 1.18 bits per heavy atom. The Balaban J connectivity index is 2.42. The summed E-state index contributed by atoms with van der Waals surface area (Å²) in [6.07, 6.45) is 2.76. The number of nitrogens with zero attached hydrogens (tertiary/aromatic N) is 1. The van der Waals surface area contributed by atoms with Crippen molar-refractivity contribution < 1.29 is 0 Å². The van der Waals surface area contributed by atoms with E-state index in [1.54, 1.807) is 0 Å². The summed E-state index contributed by atoms with van der Waals surface area (Å²) in [5.74, 6) is 5.67. The average Bonchev–Trinajstić information content (AvgIpc) is 2.41. The highest BCUT2D eigenvalue weighted by atomic mass is 15.2. The molecule has 1 aromatic carbocycles. The Morgan fingerprint density at radius 2 is 1.94 bits per heavy atom. The van der Waals surface area contributed by atoms with E-state index in [1.807, 2.05) is 30.5 Å². The monoisotopic (exact) mass is 227 g/mol. The van der Waals surface area contributed by atoms with Gasteiger partial charge in [0.25, 0.3) is 0 Å². The largest absolute Gasteiger partial charge is 0.271 e. The van der Waals surface area contributed by atoms with Crippen LogP contribution in [0.15, 0.2) is 48.7 Å². The Labute approximate surface area is 102 Å². The lowest BCUT2D eigenvalue weighted by Crippen LogP contribution is -2.30. The standard InChI is InChI=1S/C14H17N3/c1-2-11-9-6-10-16-13(11)14(17-15)12-7-4-3-5-8-12/h3-10,14,17H,2,15H2,1H3. The van der Waals surface area contributed by atoms with Crippen molar-refractivity contribution in [3.8, 4) is 0 Å². The van der Waals surface area contributed by atoms with Gasteiger partial charge in [-0.1, -0.05) is 43.3 Å². The third kappa shape index (κ3) is 2.52. The van der Waals surface area contributed by atoms with Gasteiger partial charge in [0.1, 0.15) is 0 Å². The number of hydrogen-bond donors (Lipinski definition) is 2. The Hall–Kier alpha value is -1.71. The molecule has 1 heterocycles. The molecule has 1 unspecified atom stereocenters. The molecule has 3 nitrogen and oxygen atoms in total. The van der Waals surface area contributed by atoms with E-state index in [9.17, 15) is 0 Å². The first-order valence-corrected chi connectivity index (χ1v) is 5.81. The van der Waals surface area contributed by atoms with E-state index >= 15 is 0 Å². The summed E-state index contributed by atoms with van der Waals surface area (Å²) in [6, 6.07) is 14.1. The number of hydrazine groups is 1. The number of aryl methyl sites for hydroxylation is 1. The van der Waals surface area contributed by atoms with Crippen LogP contribution in [0.5, 0.6) is 0 Å². The van der Waals surface area contributed by atoms with Crippen molar-refractivity contribution in [2.24, 2.45) is 5.84 Å². The molecule has 0 aliphatic carbocycles. The van der Waals surface area contributed by atoms with E-state index in [0.29, 0.717) is 0 Å². The fourth-order valence-electron chi connectivity index (χ4n) is 1.99. The molecule has 88 valence electrons. The zero-order valence-corrected chi connectivity index (χ0v) is 9.93. The maximum atomic E-state index is 5.67. The fourth-order valence-corrected chi connectivity index (χ4v) is 1.99. The molecule has 0 bridgehead atoms. The van der Waals surface area contributed by atoms with Crippen molar-refractivity contribution >= 4 is 0 Å². The molecule has 2 aromatic rings. The van der Waals surface area contributed by atoms with Crippen LogP contribution < -0.4 is 11.3 Å². The minimum Gasteiger partial charge on any atom is -0.271 e. The second kappa shape index (κ2) is 5.57. The second-order valence-corrected chi connectivity index (χ2v) is 3.91. The van der Waals surface area contributed by atoms with Gasteiger partial charge in [-0.15, -0.1) is 0 Å². The van der Waals surface area contributed by atoms with Gasteiger partial charge in [0.2, 0.25) is 0 Å².